The van der Waals surface area contributed by atoms with E-state index in [0.717, 1.165) is 0 Å². The van der Waals surface area contributed by atoms with E-state index >= 15 is 0 Å². The Morgan fingerprint density at radius 1 is 1.18 bits per heavy atom. The summed E-state index contributed by atoms with van der Waals surface area (Å²) in [7, 11) is -2.39. The zero-order valence-corrected chi connectivity index (χ0v) is 18.6. The molecule has 0 aliphatic carbocycles. The van der Waals surface area contributed by atoms with Crippen molar-refractivity contribution in [3.8, 4) is 0 Å². The van der Waals surface area contributed by atoms with Gasteiger partial charge in [-0.25, -0.2) is 22.9 Å². The van der Waals surface area contributed by atoms with Crippen molar-refractivity contribution in [1.82, 2.24) is 19.4 Å². The number of rotatable bonds is 7. The van der Waals surface area contributed by atoms with E-state index in [4.69, 9.17) is 4.74 Å². The van der Waals surface area contributed by atoms with Crippen molar-refractivity contribution in [2.45, 2.75) is 17.9 Å². The van der Waals surface area contributed by atoms with Crippen LogP contribution in [0.15, 0.2) is 53.7 Å². The van der Waals surface area contributed by atoms with Gasteiger partial charge in [0.1, 0.15) is 17.4 Å². The number of sulfonamides is 1. The van der Waals surface area contributed by atoms with Gasteiger partial charge in [-0.3, -0.25) is 18.9 Å². The molecule has 172 valence electrons. The van der Waals surface area contributed by atoms with Crippen molar-refractivity contribution in [2.75, 3.05) is 25.0 Å². The summed E-state index contributed by atoms with van der Waals surface area (Å²) < 4.78 is 33.1. The Bertz CT molecular complexity index is 1350. The van der Waals surface area contributed by atoms with Gasteiger partial charge in [0, 0.05) is 24.4 Å². The third-order valence-corrected chi connectivity index (χ3v) is 6.58. The van der Waals surface area contributed by atoms with Crippen LogP contribution in [-0.2, 0) is 19.6 Å². The van der Waals surface area contributed by atoms with E-state index in [2.05, 4.69) is 15.0 Å². The molecule has 0 radical (unpaired) electrons. The maximum atomic E-state index is 13.1. The molecule has 3 aromatic rings. The summed E-state index contributed by atoms with van der Waals surface area (Å²) in [6.45, 7) is 1.87. The van der Waals surface area contributed by atoms with Gasteiger partial charge in [0.25, 0.3) is 0 Å². The van der Waals surface area contributed by atoms with Crippen LogP contribution in [0.3, 0.4) is 0 Å². The van der Waals surface area contributed by atoms with Crippen LogP contribution in [-0.4, -0.2) is 61.8 Å². The molecule has 33 heavy (non-hydrogen) atoms. The van der Waals surface area contributed by atoms with E-state index in [1.54, 1.807) is 24.3 Å². The van der Waals surface area contributed by atoms with E-state index in [0.29, 0.717) is 16.9 Å². The van der Waals surface area contributed by atoms with Crippen LogP contribution in [0.1, 0.15) is 23.0 Å². The second-order valence-corrected chi connectivity index (χ2v) is 9.26. The SMILES string of the molecule is CNS(=O)(=O)c1ccc2ncc(C(=O)c3ccc(N4C[C@H](CNC(C)=O)OC4=O)cc3)n2c1. The molecule has 1 aromatic carbocycles. The first kappa shape index (κ1) is 22.4. The topological polar surface area (TPSA) is 139 Å². The first-order valence-electron chi connectivity index (χ1n) is 9.97. The second kappa shape index (κ2) is 8.64. The highest BCUT2D eigenvalue weighted by molar-refractivity contribution is 7.89. The molecular weight excluding hydrogens is 450 g/mol. The van der Waals surface area contributed by atoms with Crippen molar-refractivity contribution >= 4 is 39.1 Å². The molecule has 0 spiro atoms. The van der Waals surface area contributed by atoms with Crippen LogP contribution in [0, 0.1) is 0 Å². The summed E-state index contributed by atoms with van der Waals surface area (Å²) in [5.41, 5.74) is 1.50. The monoisotopic (exact) mass is 471 g/mol. The average molecular weight is 471 g/mol. The van der Waals surface area contributed by atoms with Crippen LogP contribution in [0.5, 0.6) is 0 Å². The van der Waals surface area contributed by atoms with E-state index in [-0.39, 0.29) is 35.4 Å². The molecule has 12 heteroatoms. The number of aromatic nitrogens is 2. The zero-order valence-electron chi connectivity index (χ0n) is 17.8. The van der Waals surface area contributed by atoms with Gasteiger partial charge in [-0.15, -0.1) is 0 Å². The van der Waals surface area contributed by atoms with Gasteiger partial charge in [-0.1, -0.05) is 0 Å². The quantitative estimate of drug-likeness (QED) is 0.489. The maximum absolute atomic E-state index is 13.1. The number of cyclic esters (lactones) is 1. The second-order valence-electron chi connectivity index (χ2n) is 7.37. The normalized spacial score (nSPS) is 16.1. The van der Waals surface area contributed by atoms with Crippen LogP contribution >= 0.6 is 0 Å². The number of nitrogens with zero attached hydrogens (tertiary/aromatic N) is 3. The fourth-order valence-corrected chi connectivity index (χ4v) is 4.17. The van der Waals surface area contributed by atoms with Gasteiger partial charge >= 0.3 is 6.09 Å². The molecular formula is C21H21N5O6S. The number of hydrogen-bond acceptors (Lipinski definition) is 7. The molecule has 1 atom stereocenters. The zero-order chi connectivity index (χ0) is 23.8. The highest BCUT2D eigenvalue weighted by Crippen LogP contribution is 2.23. The number of ketones is 1. The molecule has 3 heterocycles. The largest absolute Gasteiger partial charge is 0.442 e. The number of ether oxygens (including phenoxy) is 1. The fraction of sp³-hybridized carbons (Fsp3) is 0.238. The van der Waals surface area contributed by atoms with Gasteiger partial charge in [-0.2, -0.15) is 0 Å². The third kappa shape index (κ3) is 4.43. The number of benzene rings is 1. The molecule has 2 aromatic heterocycles. The fourth-order valence-electron chi connectivity index (χ4n) is 3.44. The number of anilines is 1. The molecule has 1 aliphatic heterocycles. The molecule has 0 unspecified atom stereocenters. The number of nitrogens with one attached hydrogen (secondary N) is 2. The smallest absolute Gasteiger partial charge is 0.414 e. The molecule has 11 nitrogen and oxygen atoms in total. The Hall–Kier alpha value is -3.77. The number of carbonyl (C=O) groups is 3. The summed E-state index contributed by atoms with van der Waals surface area (Å²) in [6, 6.07) is 9.30. The van der Waals surface area contributed by atoms with Gasteiger partial charge in [0.05, 0.1) is 24.2 Å². The number of pyridine rings is 1. The predicted octanol–water partition coefficient (Wildman–Crippen LogP) is 0.935. The number of hydrogen-bond donors (Lipinski definition) is 2. The Labute approximate surface area is 189 Å². The maximum Gasteiger partial charge on any atom is 0.414 e. The Morgan fingerprint density at radius 2 is 1.91 bits per heavy atom. The van der Waals surface area contributed by atoms with Crippen molar-refractivity contribution in [3.05, 3.63) is 60.0 Å². The lowest BCUT2D eigenvalue weighted by Crippen LogP contribution is -2.33. The Morgan fingerprint density at radius 3 is 2.58 bits per heavy atom. The van der Waals surface area contributed by atoms with E-state index in [1.165, 1.54) is 47.8 Å². The third-order valence-electron chi connectivity index (χ3n) is 5.18. The Kier molecular flexibility index (Phi) is 5.87. The molecule has 2 N–H and O–H groups in total. The molecule has 0 bridgehead atoms. The Balaban J connectivity index is 1.56. The van der Waals surface area contributed by atoms with E-state index in [1.807, 2.05) is 0 Å². The molecule has 0 saturated carbocycles. The van der Waals surface area contributed by atoms with Crippen molar-refractivity contribution in [2.24, 2.45) is 0 Å². The van der Waals surface area contributed by atoms with E-state index < -0.39 is 22.2 Å². The van der Waals surface area contributed by atoms with Crippen LogP contribution in [0.4, 0.5) is 10.5 Å². The molecule has 1 aliphatic rings. The minimum atomic E-state index is -3.69. The van der Waals surface area contributed by atoms with Gasteiger partial charge in [0.15, 0.2) is 0 Å². The highest BCUT2D eigenvalue weighted by atomic mass is 32.2. The highest BCUT2D eigenvalue weighted by Gasteiger charge is 2.32. The first-order valence-corrected chi connectivity index (χ1v) is 11.5. The number of fused-ring (bicyclic) bond motifs is 1. The number of carbonyl (C=O) groups excluding carboxylic acids is 3. The summed E-state index contributed by atoms with van der Waals surface area (Å²) in [6.07, 6.45) is 1.71. The van der Waals surface area contributed by atoms with E-state index in [9.17, 15) is 22.8 Å². The van der Waals surface area contributed by atoms with Gasteiger partial charge in [0.2, 0.25) is 21.7 Å². The van der Waals surface area contributed by atoms with Gasteiger partial charge in [-0.05, 0) is 43.4 Å². The number of amides is 2. The molecule has 1 saturated heterocycles. The first-order chi connectivity index (χ1) is 15.7. The summed E-state index contributed by atoms with van der Waals surface area (Å²) >= 11 is 0. The van der Waals surface area contributed by atoms with Gasteiger partial charge < -0.3 is 10.1 Å². The summed E-state index contributed by atoms with van der Waals surface area (Å²) in [5, 5.41) is 2.61. The van der Waals surface area contributed by atoms with Crippen LogP contribution in [0.25, 0.3) is 5.65 Å². The minimum absolute atomic E-state index is 0.00117. The van der Waals surface area contributed by atoms with Crippen molar-refractivity contribution in [1.29, 1.82) is 0 Å². The summed E-state index contributed by atoms with van der Waals surface area (Å²) in [5.74, 6) is -0.573. The lowest BCUT2D eigenvalue weighted by Gasteiger charge is -2.13. The lowest BCUT2D eigenvalue weighted by atomic mass is 10.1. The molecule has 1 fully saturated rings. The van der Waals surface area contributed by atoms with Crippen molar-refractivity contribution < 1.29 is 27.5 Å². The van der Waals surface area contributed by atoms with Crippen molar-refractivity contribution in [3.63, 3.8) is 0 Å². The van der Waals surface area contributed by atoms with Crippen LogP contribution < -0.4 is 14.9 Å². The molecule has 4 rings (SSSR count). The minimum Gasteiger partial charge on any atom is -0.442 e. The standard InChI is InChI=1S/C21H21N5O6S/c1-13(27)23-9-16-11-25(21(29)32-16)15-5-3-14(4-6-15)20(28)18-10-24-19-8-7-17(12-26(18)19)33(30,31)22-2/h3-8,10,12,16,22H,9,11H2,1-2H3,(H,23,27)/t16-/m0/s1. The summed E-state index contributed by atoms with van der Waals surface area (Å²) in [4.78, 5) is 41.9. The predicted molar refractivity (Wildman–Crippen MR) is 118 cm³/mol. The lowest BCUT2D eigenvalue weighted by molar-refractivity contribution is -0.119. The molecule has 2 amide bonds. The van der Waals surface area contributed by atoms with Crippen LogP contribution in [0.2, 0.25) is 0 Å². The average Bonchev–Trinajstić information content (AvgIpc) is 3.40. The number of imidazole rings is 1.